The first kappa shape index (κ1) is 23.7. The predicted molar refractivity (Wildman–Crippen MR) is 122 cm³/mol. The van der Waals surface area contributed by atoms with Crippen molar-refractivity contribution in [3.8, 4) is 17.2 Å². The summed E-state index contributed by atoms with van der Waals surface area (Å²) in [5, 5.41) is 3.25. The molecule has 0 saturated carbocycles. The van der Waals surface area contributed by atoms with Crippen molar-refractivity contribution in [2.24, 2.45) is 5.73 Å². The monoisotopic (exact) mass is 498 g/mol. The first-order valence-corrected chi connectivity index (χ1v) is 11.2. The molecule has 186 valence electrons. The van der Waals surface area contributed by atoms with Crippen LogP contribution in [-0.4, -0.2) is 33.0 Å². The second-order valence-corrected chi connectivity index (χ2v) is 8.21. The fraction of sp³-hybridized carbons (Fsp3) is 0.292. The number of halogens is 3. The number of alkyl halides is 3. The normalized spacial score (nSPS) is 15.5. The van der Waals surface area contributed by atoms with Crippen LogP contribution in [-0.2, 0) is 19.1 Å². The van der Waals surface area contributed by atoms with Crippen LogP contribution >= 0.6 is 0 Å². The molecule has 0 fully saturated rings. The third kappa shape index (κ3) is 4.24. The predicted octanol–water partition coefficient (Wildman–Crippen LogP) is 3.97. The zero-order valence-electron chi connectivity index (χ0n) is 19.1. The van der Waals surface area contributed by atoms with Gasteiger partial charge in [0.1, 0.15) is 17.0 Å². The number of fused-ring (bicyclic) bond motifs is 2. The van der Waals surface area contributed by atoms with Crippen molar-refractivity contribution in [2.45, 2.75) is 38.0 Å². The van der Waals surface area contributed by atoms with E-state index in [4.69, 9.17) is 14.9 Å². The van der Waals surface area contributed by atoms with Crippen LogP contribution in [0.2, 0.25) is 0 Å². The molecule has 1 amide bonds. The molecular formula is C24H21F3N6O3. The molecule has 5 rings (SSSR count). The Bertz CT molecular complexity index is 1450. The highest BCUT2D eigenvalue weighted by atomic mass is 19.4. The van der Waals surface area contributed by atoms with Gasteiger partial charge in [-0.2, -0.15) is 13.2 Å². The van der Waals surface area contributed by atoms with E-state index in [0.29, 0.717) is 23.1 Å². The summed E-state index contributed by atoms with van der Waals surface area (Å²) in [5.74, 6) is -0.176. The highest BCUT2D eigenvalue weighted by Crippen LogP contribution is 2.37. The number of nitrogens with one attached hydrogen (secondary N) is 1. The molecule has 1 atom stereocenters. The highest BCUT2D eigenvalue weighted by Gasteiger charge is 2.33. The van der Waals surface area contributed by atoms with Gasteiger partial charge in [-0.3, -0.25) is 14.8 Å². The van der Waals surface area contributed by atoms with Gasteiger partial charge in [-0.15, -0.1) is 0 Å². The van der Waals surface area contributed by atoms with Gasteiger partial charge in [0.05, 0.1) is 31.1 Å². The van der Waals surface area contributed by atoms with Gasteiger partial charge in [-0.05, 0) is 43.5 Å². The fourth-order valence-corrected chi connectivity index (χ4v) is 4.32. The van der Waals surface area contributed by atoms with Gasteiger partial charge in [-0.1, -0.05) is 0 Å². The number of oxazole rings is 1. The van der Waals surface area contributed by atoms with Crippen LogP contribution < -0.4 is 15.8 Å². The molecule has 9 nitrogen and oxygen atoms in total. The lowest BCUT2D eigenvalue weighted by atomic mass is 9.95. The van der Waals surface area contributed by atoms with Crippen LogP contribution in [0.25, 0.3) is 22.4 Å². The van der Waals surface area contributed by atoms with Gasteiger partial charge >= 0.3 is 6.18 Å². The van der Waals surface area contributed by atoms with Gasteiger partial charge in [0, 0.05) is 23.3 Å². The van der Waals surface area contributed by atoms with Crippen molar-refractivity contribution >= 4 is 16.8 Å². The number of benzene rings is 1. The number of hydrogen-bond acceptors (Lipinski definition) is 8. The SMILES string of the molecule is COc1ccc(-c2nc(C(=O)NC3CCCc4nccnc43)c(CN)o2)c2ccc(C(F)(F)F)nc12. The Labute approximate surface area is 202 Å². The van der Waals surface area contributed by atoms with E-state index in [9.17, 15) is 18.0 Å². The van der Waals surface area contributed by atoms with Crippen LogP contribution in [0, 0.1) is 0 Å². The molecule has 0 radical (unpaired) electrons. The van der Waals surface area contributed by atoms with Crippen LogP contribution in [0.15, 0.2) is 41.1 Å². The van der Waals surface area contributed by atoms with Crippen molar-refractivity contribution in [3.05, 3.63) is 65.2 Å². The Morgan fingerprint density at radius 1 is 1.19 bits per heavy atom. The van der Waals surface area contributed by atoms with Crippen molar-refractivity contribution < 1.29 is 27.1 Å². The number of nitrogens with two attached hydrogens (primary N) is 1. The molecule has 4 aromatic rings. The summed E-state index contributed by atoms with van der Waals surface area (Å²) < 4.78 is 50.8. The number of aromatic nitrogens is 4. The van der Waals surface area contributed by atoms with Crippen molar-refractivity contribution in [1.82, 2.24) is 25.3 Å². The molecule has 0 spiro atoms. The maximum atomic E-state index is 13.3. The molecule has 36 heavy (non-hydrogen) atoms. The van der Waals surface area contributed by atoms with E-state index in [1.807, 2.05) is 0 Å². The number of aryl methyl sites for hydroxylation is 1. The molecule has 1 unspecified atom stereocenters. The molecule has 1 aromatic carbocycles. The topological polar surface area (TPSA) is 129 Å². The van der Waals surface area contributed by atoms with E-state index < -0.39 is 17.8 Å². The number of hydrogen-bond donors (Lipinski definition) is 2. The summed E-state index contributed by atoms with van der Waals surface area (Å²) in [6, 6.07) is 4.85. The smallest absolute Gasteiger partial charge is 0.433 e. The lowest BCUT2D eigenvalue weighted by Crippen LogP contribution is -2.33. The summed E-state index contributed by atoms with van der Waals surface area (Å²) in [4.78, 5) is 30.0. The second-order valence-electron chi connectivity index (χ2n) is 8.21. The number of pyridine rings is 1. The first-order valence-electron chi connectivity index (χ1n) is 11.2. The van der Waals surface area contributed by atoms with E-state index in [-0.39, 0.29) is 41.2 Å². The molecule has 3 N–H and O–H groups in total. The fourth-order valence-electron chi connectivity index (χ4n) is 4.32. The Balaban J connectivity index is 1.52. The number of amides is 1. The maximum Gasteiger partial charge on any atom is 0.433 e. The average Bonchev–Trinajstić information content (AvgIpc) is 3.32. The summed E-state index contributed by atoms with van der Waals surface area (Å²) in [6.07, 6.45) is 0.886. The van der Waals surface area contributed by atoms with Crippen molar-refractivity contribution in [3.63, 3.8) is 0 Å². The molecule has 3 aromatic heterocycles. The van der Waals surface area contributed by atoms with Crippen LogP contribution in [0.1, 0.15) is 52.2 Å². The maximum absolute atomic E-state index is 13.3. The molecule has 1 aliphatic rings. The summed E-state index contributed by atoms with van der Waals surface area (Å²) in [6.45, 7) is -0.110. The van der Waals surface area contributed by atoms with Gasteiger partial charge in [0.2, 0.25) is 5.89 Å². The number of methoxy groups -OCH3 is 1. The number of carbonyl (C=O) groups excluding carboxylic acids is 1. The van der Waals surface area contributed by atoms with E-state index in [2.05, 4.69) is 25.3 Å². The molecule has 12 heteroatoms. The molecule has 0 saturated heterocycles. The van der Waals surface area contributed by atoms with E-state index >= 15 is 0 Å². The number of nitrogens with zero attached hydrogens (tertiary/aromatic N) is 4. The summed E-state index contributed by atoms with van der Waals surface area (Å²) in [7, 11) is 1.34. The molecule has 0 bridgehead atoms. The standard InChI is InChI=1S/C24H21F3N6O3/c1-35-16-7-5-13(12-6-8-18(24(25,26)27)32-19(12)16)23-33-21(17(11-28)36-23)22(34)31-15-4-2-3-14-20(15)30-10-9-29-14/h5-10,15H,2-4,11,28H2,1H3,(H,31,34). The minimum atomic E-state index is -4.63. The summed E-state index contributed by atoms with van der Waals surface area (Å²) in [5.41, 5.74) is 6.63. The molecular weight excluding hydrogens is 477 g/mol. The lowest BCUT2D eigenvalue weighted by molar-refractivity contribution is -0.140. The minimum Gasteiger partial charge on any atom is -0.494 e. The average molecular weight is 498 g/mol. The van der Waals surface area contributed by atoms with Crippen LogP contribution in [0.5, 0.6) is 5.75 Å². The number of ether oxygens (including phenoxy) is 1. The van der Waals surface area contributed by atoms with Crippen molar-refractivity contribution in [1.29, 1.82) is 0 Å². The van der Waals surface area contributed by atoms with Gasteiger partial charge < -0.3 is 20.2 Å². The number of carbonyl (C=O) groups is 1. The Hall–Kier alpha value is -4.06. The quantitative estimate of drug-likeness (QED) is 0.423. The minimum absolute atomic E-state index is 0.00708. The third-order valence-electron chi connectivity index (χ3n) is 6.01. The first-order chi connectivity index (χ1) is 17.3. The summed E-state index contributed by atoms with van der Waals surface area (Å²) >= 11 is 0. The molecule has 3 heterocycles. The zero-order valence-corrected chi connectivity index (χ0v) is 19.1. The lowest BCUT2D eigenvalue weighted by Gasteiger charge is -2.23. The largest absolute Gasteiger partial charge is 0.494 e. The van der Waals surface area contributed by atoms with Gasteiger partial charge in [0.25, 0.3) is 5.91 Å². The zero-order chi connectivity index (χ0) is 25.4. The van der Waals surface area contributed by atoms with Crippen LogP contribution in [0.3, 0.4) is 0 Å². The Morgan fingerprint density at radius 3 is 2.75 bits per heavy atom. The van der Waals surface area contributed by atoms with Gasteiger partial charge in [-0.25, -0.2) is 9.97 Å². The second kappa shape index (κ2) is 9.19. The molecule has 0 aliphatic heterocycles. The van der Waals surface area contributed by atoms with E-state index in [1.54, 1.807) is 18.5 Å². The van der Waals surface area contributed by atoms with Crippen molar-refractivity contribution in [2.75, 3.05) is 7.11 Å². The van der Waals surface area contributed by atoms with Gasteiger partial charge in [0.15, 0.2) is 11.5 Å². The number of rotatable bonds is 5. The third-order valence-corrected chi connectivity index (χ3v) is 6.01. The highest BCUT2D eigenvalue weighted by molar-refractivity contribution is 5.98. The van der Waals surface area contributed by atoms with E-state index in [0.717, 1.165) is 24.6 Å². The Morgan fingerprint density at radius 2 is 2.00 bits per heavy atom. The van der Waals surface area contributed by atoms with E-state index in [1.165, 1.54) is 19.2 Å². The Kier molecular flexibility index (Phi) is 6.04. The van der Waals surface area contributed by atoms with Crippen LogP contribution in [0.4, 0.5) is 13.2 Å². The molecule has 1 aliphatic carbocycles.